The molecule has 6 nitrogen and oxygen atoms in total. The Hall–Kier alpha value is -2.11. The highest BCUT2D eigenvalue weighted by Crippen LogP contribution is 2.08. The van der Waals surface area contributed by atoms with Gasteiger partial charge in [0.05, 0.1) is 31.7 Å². The van der Waals surface area contributed by atoms with Crippen LogP contribution in [0.5, 0.6) is 5.75 Å². The predicted octanol–water partition coefficient (Wildman–Crippen LogP) is 0.831. The molecule has 0 radical (unpaired) electrons. The Morgan fingerprint density at radius 3 is 2.69 bits per heavy atom. The molecule has 1 N–H and O–H groups in total. The SMILES string of the molecule is COc1cnc(NCc2ccnn2C)nc1. The van der Waals surface area contributed by atoms with Gasteiger partial charge in [0.25, 0.3) is 0 Å². The summed E-state index contributed by atoms with van der Waals surface area (Å²) >= 11 is 0. The average Bonchev–Trinajstić information content (AvgIpc) is 2.73. The Bertz CT molecular complexity index is 450. The standard InChI is InChI=1S/C10H13N5O/c1-15-8(3-4-14-15)5-11-10-12-6-9(16-2)7-13-10/h3-4,6-7H,5H2,1-2H3,(H,11,12,13). The molecule has 0 saturated carbocycles. The maximum absolute atomic E-state index is 4.97. The Kier molecular flexibility index (Phi) is 3.00. The number of anilines is 1. The summed E-state index contributed by atoms with van der Waals surface area (Å²) in [5.41, 5.74) is 1.07. The molecular weight excluding hydrogens is 206 g/mol. The van der Waals surface area contributed by atoms with Crippen molar-refractivity contribution in [2.75, 3.05) is 12.4 Å². The lowest BCUT2D eigenvalue weighted by Crippen LogP contribution is -2.07. The fourth-order valence-corrected chi connectivity index (χ4v) is 1.26. The Labute approximate surface area is 93.3 Å². The zero-order chi connectivity index (χ0) is 11.4. The topological polar surface area (TPSA) is 64.9 Å². The van der Waals surface area contributed by atoms with Crippen molar-refractivity contribution in [2.45, 2.75) is 6.54 Å². The Morgan fingerprint density at radius 2 is 2.12 bits per heavy atom. The van der Waals surface area contributed by atoms with Gasteiger partial charge in [0.2, 0.25) is 5.95 Å². The van der Waals surface area contributed by atoms with Crippen LogP contribution in [0.25, 0.3) is 0 Å². The van der Waals surface area contributed by atoms with Crippen LogP contribution in [0.3, 0.4) is 0 Å². The van der Waals surface area contributed by atoms with Gasteiger partial charge in [-0.05, 0) is 6.07 Å². The number of methoxy groups -OCH3 is 1. The molecule has 0 atom stereocenters. The van der Waals surface area contributed by atoms with Gasteiger partial charge in [0.1, 0.15) is 0 Å². The van der Waals surface area contributed by atoms with Crippen LogP contribution < -0.4 is 10.1 Å². The summed E-state index contributed by atoms with van der Waals surface area (Å²) in [6.45, 7) is 0.642. The molecule has 16 heavy (non-hydrogen) atoms. The summed E-state index contributed by atoms with van der Waals surface area (Å²) in [5, 5.41) is 7.17. The zero-order valence-corrected chi connectivity index (χ0v) is 9.21. The van der Waals surface area contributed by atoms with Crippen LogP contribution >= 0.6 is 0 Å². The monoisotopic (exact) mass is 219 g/mol. The number of aryl methyl sites for hydroxylation is 1. The predicted molar refractivity (Wildman–Crippen MR) is 59.1 cm³/mol. The first-order chi connectivity index (χ1) is 7.79. The molecule has 2 rings (SSSR count). The van der Waals surface area contributed by atoms with Crippen LogP contribution in [0.2, 0.25) is 0 Å². The summed E-state index contributed by atoms with van der Waals surface area (Å²) in [6.07, 6.45) is 5.00. The zero-order valence-electron chi connectivity index (χ0n) is 9.21. The van der Waals surface area contributed by atoms with Gasteiger partial charge in [-0.1, -0.05) is 0 Å². The number of rotatable bonds is 4. The van der Waals surface area contributed by atoms with E-state index in [9.17, 15) is 0 Å². The van der Waals surface area contributed by atoms with E-state index in [1.54, 1.807) is 30.4 Å². The lowest BCUT2D eigenvalue weighted by molar-refractivity contribution is 0.411. The van der Waals surface area contributed by atoms with E-state index in [2.05, 4.69) is 20.4 Å². The highest BCUT2D eigenvalue weighted by molar-refractivity contribution is 5.27. The summed E-state index contributed by atoms with van der Waals surface area (Å²) in [4.78, 5) is 8.20. The van der Waals surface area contributed by atoms with Gasteiger partial charge < -0.3 is 10.1 Å². The number of hydrogen-bond donors (Lipinski definition) is 1. The van der Waals surface area contributed by atoms with E-state index >= 15 is 0 Å². The summed E-state index contributed by atoms with van der Waals surface area (Å²) in [7, 11) is 3.48. The van der Waals surface area contributed by atoms with Crippen LogP contribution in [-0.4, -0.2) is 26.9 Å². The number of nitrogens with one attached hydrogen (secondary N) is 1. The second-order valence-electron chi connectivity index (χ2n) is 3.25. The maximum atomic E-state index is 4.97. The molecule has 0 aliphatic carbocycles. The van der Waals surface area contributed by atoms with Crippen molar-refractivity contribution in [2.24, 2.45) is 7.05 Å². The van der Waals surface area contributed by atoms with Gasteiger partial charge in [0, 0.05) is 13.2 Å². The van der Waals surface area contributed by atoms with Crippen LogP contribution in [-0.2, 0) is 13.6 Å². The van der Waals surface area contributed by atoms with Crippen LogP contribution in [0.1, 0.15) is 5.69 Å². The molecule has 0 unspecified atom stereocenters. The van der Waals surface area contributed by atoms with Crippen molar-refractivity contribution in [1.29, 1.82) is 0 Å². The molecule has 2 heterocycles. The van der Waals surface area contributed by atoms with Gasteiger partial charge in [-0.15, -0.1) is 0 Å². The first-order valence-electron chi connectivity index (χ1n) is 4.86. The van der Waals surface area contributed by atoms with Crippen molar-refractivity contribution >= 4 is 5.95 Å². The third kappa shape index (κ3) is 2.28. The number of aromatic nitrogens is 4. The molecule has 2 aromatic rings. The molecule has 0 aliphatic heterocycles. The normalized spacial score (nSPS) is 10.1. The van der Waals surface area contributed by atoms with E-state index in [4.69, 9.17) is 4.74 Å². The first-order valence-corrected chi connectivity index (χ1v) is 4.86. The summed E-state index contributed by atoms with van der Waals surface area (Å²) in [5.74, 6) is 1.22. The number of ether oxygens (including phenoxy) is 1. The highest BCUT2D eigenvalue weighted by atomic mass is 16.5. The van der Waals surface area contributed by atoms with E-state index < -0.39 is 0 Å². The second-order valence-corrected chi connectivity index (χ2v) is 3.25. The van der Waals surface area contributed by atoms with Crippen LogP contribution in [0.4, 0.5) is 5.95 Å². The van der Waals surface area contributed by atoms with Crippen molar-refractivity contribution in [1.82, 2.24) is 19.7 Å². The van der Waals surface area contributed by atoms with E-state index in [1.165, 1.54) is 0 Å². The lowest BCUT2D eigenvalue weighted by Gasteiger charge is -2.05. The van der Waals surface area contributed by atoms with E-state index in [0.717, 1.165) is 5.69 Å². The minimum atomic E-state index is 0.571. The quantitative estimate of drug-likeness (QED) is 0.825. The molecule has 0 amide bonds. The van der Waals surface area contributed by atoms with Crippen LogP contribution in [0, 0.1) is 0 Å². The van der Waals surface area contributed by atoms with Gasteiger partial charge in [-0.25, -0.2) is 9.97 Å². The fraction of sp³-hybridized carbons (Fsp3) is 0.300. The minimum Gasteiger partial charge on any atom is -0.494 e. The van der Waals surface area contributed by atoms with Gasteiger partial charge in [-0.3, -0.25) is 4.68 Å². The molecule has 6 heteroatoms. The minimum absolute atomic E-state index is 0.571. The van der Waals surface area contributed by atoms with Gasteiger partial charge in [0.15, 0.2) is 5.75 Å². The van der Waals surface area contributed by atoms with Crippen LogP contribution in [0.15, 0.2) is 24.7 Å². The Morgan fingerprint density at radius 1 is 1.38 bits per heavy atom. The summed E-state index contributed by atoms with van der Waals surface area (Å²) < 4.78 is 6.77. The van der Waals surface area contributed by atoms with Crippen molar-refractivity contribution < 1.29 is 4.74 Å². The third-order valence-corrected chi connectivity index (χ3v) is 2.21. The van der Waals surface area contributed by atoms with Crippen molar-refractivity contribution in [3.8, 4) is 5.75 Å². The van der Waals surface area contributed by atoms with E-state index in [-0.39, 0.29) is 0 Å². The maximum Gasteiger partial charge on any atom is 0.223 e. The number of nitrogens with zero attached hydrogens (tertiary/aromatic N) is 4. The van der Waals surface area contributed by atoms with E-state index in [0.29, 0.717) is 18.2 Å². The lowest BCUT2D eigenvalue weighted by atomic mass is 10.4. The second kappa shape index (κ2) is 4.61. The molecule has 0 bridgehead atoms. The fourth-order valence-electron chi connectivity index (χ4n) is 1.26. The largest absolute Gasteiger partial charge is 0.494 e. The molecule has 2 aromatic heterocycles. The molecule has 0 saturated heterocycles. The summed E-state index contributed by atoms with van der Waals surface area (Å²) in [6, 6.07) is 1.94. The molecule has 0 spiro atoms. The highest BCUT2D eigenvalue weighted by Gasteiger charge is 2.00. The average molecular weight is 219 g/mol. The third-order valence-electron chi connectivity index (χ3n) is 2.21. The Balaban J connectivity index is 1.97. The molecule has 0 fully saturated rings. The van der Waals surface area contributed by atoms with E-state index in [1.807, 2.05) is 13.1 Å². The van der Waals surface area contributed by atoms with Crippen molar-refractivity contribution in [3.63, 3.8) is 0 Å². The first kappa shape index (κ1) is 10.4. The van der Waals surface area contributed by atoms with Crippen molar-refractivity contribution in [3.05, 3.63) is 30.4 Å². The molecule has 0 aromatic carbocycles. The molecule has 0 aliphatic rings. The van der Waals surface area contributed by atoms with Gasteiger partial charge >= 0.3 is 0 Å². The molecule has 84 valence electrons. The smallest absolute Gasteiger partial charge is 0.223 e. The van der Waals surface area contributed by atoms with Gasteiger partial charge in [-0.2, -0.15) is 5.10 Å². The number of hydrogen-bond acceptors (Lipinski definition) is 5. The molecular formula is C10H13N5O.